The first-order valence-electron chi connectivity index (χ1n) is 4.59. The summed E-state index contributed by atoms with van der Waals surface area (Å²) < 4.78 is 15.4. The molecule has 0 fully saturated rings. The summed E-state index contributed by atoms with van der Waals surface area (Å²) in [4.78, 5) is 0. The molecule has 2 rings (SSSR count). The van der Waals surface area contributed by atoms with Crippen LogP contribution in [0.15, 0.2) is 30.3 Å². The van der Waals surface area contributed by atoms with E-state index < -0.39 is 11.8 Å². The molecule has 2 unspecified atom stereocenters. The highest BCUT2D eigenvalue weighted by Crippen LogP contribution is 2.31. The average molecular weight is 167 g/mol. The van der Waals surface area contributed by atoms with Gasteiger partial charge in [0.05, 0.1) is 6.72 Å². The predicted molar refractivity (Wildman–Crippen MR) is 48.7 cm³/mol. The summed E-state index contributed by atoms with van der Waals surface area (Å²) in [6.07, 6.45) is 2.81. The van der Waals surface area contributed by atoms with Crippen molar-refractivity contribution >= 4 is 17.7 Å². The van der Waals surface area contributed by atoms with Crippen molar-refractivity contribution < 1.29 is 2.74 Å². The molecule has 0 saturated heterocycles. The fourth-order valence-corrected chi connectivity index (χ4v) is 1.43. The summed E-state index contributed by atoms with van der Waals surface area (Å²) in [7, 11) is 0. The van der Waals surface area contributed by atoms with E-state index in [-0.39, 0.29) is 0 Å². The van der Waals surface area contributed by atoms with Gasteiger partial charge in [0.1, 0.15) is 0 Å². The van der Waals surface area contributed by atoms with Crippen LogP contribution in [0, 0.1) is 0 Å². The minimum atomic E-state index is -1.33. The van der Waals surface area contributed by atoms with Crippen molar-refractivity contribution in [3.8, 4) is 0 Å². The van der Waals surface area contributed by atoms with Crippen molar-refractivity contribution in [3.63, 3.8) is 0 Å². The van der Waals surface area contributed by atoms with Crippen molar-refractivity contribution in [2.24, 2.45) is 0 Å². The molecule has 11 heavy (non-hydrogen) atoms. The van der Waals surface area contributed by atoms with Gasteiger partial charge in [-0.3, -0.25) is 0 Å². The SMILES string of the molecule is [2H]C1C=Cc2ccccc2C1([2H])Cl. The molecular weight excluding hydrogens is 156 g/mol. The molecule has 2 atom stereocenters. The largest absolute Gasteiger partial charge is 0.117 e. The lowest BCUT2D eigenvalue weighted by molar-refractivity contribution is 0.942. The van der Waals surface area contributed by atoms with Crippen LogP contribution in [0.4, 0.5) is 0 Å². The number of rotatable bonds is 0. The zero-order chi connectivity index (χ0) is 9.47. The first kappa shape index (κ1) is 5.00. The van der Waals surface area contributed by atoms with Gasteiger partial charge in [-0.15, -0.1) is 11.6 Å². The average Bonchev–Trinajstić information content (AvgIpc) is 2.13. The third-order valence-corrected chi connectivity index (χ3v) is 2.07. The van der Waals surface area contributed by atoms with Crippen LogP contribution in [-0.2, 0) is 0 Å². The third kappa shape index (κ3) is 1.19. The molecule has 0 saturated carbocycles. The Kier molecular flexibility index (Phi) is 1.23. The van der Waals surface area contributed by atoms with Crippen molar-refractivity contribution in [2.75, 3.05) is 0 Å². The molecule has 0 amide bonds. The summed E-state index contributed by atoms with van der Waals surface area (Å²) in [6.45, 7) is 0. The maximum Gasteiger partial charge on any atom is 0.0625 e. The quantitative estimate of drug-likeness (QED) is 0.519. The van der Waals surface area contributed by atoms with Crippen LogP contribution in [-0.4, -0.2) is 0 Å². The number of allylic oxidation sites excluding steroid dienone is 1. The standard InChI is InChI=1S/C10H9Cl/c11-10-7-3-5-8-4-1-2-6-9(8)10/h1-6,10H,7H2/i7D,10D. The van der Waals surface area contributed by atoms with Crippen LogP contribution in [0.25, 0.3) is 6.08 Å². The summed E-state index contributed by atoms with van der Waals surface area (Å²) >= 11 is 5.98. The topological polar surface area (TPSA) is 0 Å². The molecule has 0 bridgehead atoms. The molecule has 56 valence electrons. The third-order valence-electron chi connectivity index (χ3n) is 1.74. The second kappa shape index (κ2) is 2.71. The summed E-state index contributed by atoms with van der Waals surface area (Å²) in [5.41, 5.74) is 1.66. The monoisotopic (exact) mass is 166 g/mol. The van der Waals surface area contributed by atoms with Crippen LogP contribution in [0.5, 0.6) is 0 Å². The highest BCUT2D eigenvalue weighted by molar-refractivity contribution is 6.21. The smallest absolute Gasteiger partial charge is 0.0625 e. The van der Waals surface area contributed by atoms with Crippen LogP contribution in [0.2, 0.25) is 0 Å². The molecule has 0 N–H and O–H groups in total. The van der Waals surface area contributed by atoms with Gasteiger partial charge >= 0.3 is 0 Å². The molecule has 0 aromatic heterocycles. The molecule has 0 aliphatic heterocycles. The molecule has 1 aliphatic carbocycles. The molecule has 0 spiro atoms. The van der Waals surface area contributed by atoms with Gasteiger partial charge in [0.2, 0.25) is 0 Å². The van der Waals surface area contributed by atoms with Crippen molar-refractivity contribution in [2.45, 2.75) is 11.8 Å². The van der Waals surface area contributed by atoms with Crippen molar-refractivity contribution in [1.82, 2.24) is 0 Å². The molecule has 1 heteroatoms. The van der Waals surface area contributed by atoms with Gasteiger partial charge in [0, 0.05) is 1.37 Å². The Bertz CT molecular complexity index is 358. The maximum atomic E-state index is 7.84. The first-order chi connectivity index (χ1) is 6.12. The second-order valence-corrected chi connectivity index (χ2v) is 2.87. The van der Waals surface area contributed by atoms with E-state index in [4.69, 9.17) is 14.3 Å². The number of hydrogen-bond donors (Lipinski definition) is 0. The fraction of sp³-hybridized carbons (Fsp3) is 0.200. The van der Waals surface area contributed by atoms with Gasteiger partial charge in [-0.05, 0) is 17.5 Å². The summed E-state index contributed by atoms with van der Waals surface area (Å²) in [5, 5.41) is -1.33. The van der Waals surface area contributed by atoms with E-state index >= 15 is 0 Å². The zero-order valence-electron chi connectivity index (χ0n) is 7.92. The number of alkyl halides is 1. The highest BCUT2D eigenvalue weighted by Gasteiger charge is 2.12. The molecular formula is C10H9Cl. The molecule has 1 aliphatic rings. The van der Waals surface area contributed by atoms with Gasteiger partial charge in [-0.1, -0.05) is 36.4 Å². The van der Waals surface area contributed by atoms with Crippen LogP contribution in [0.1, 0.15) is 25.6 Å². The lowest BCUT2D eigenvalue weighted by atomic mass is 9.97. The molecule has 1 aromatic rings. The van der Waals surface area contributed by atoms with Crippen LogP contribution >= 0.6 is 11.6 Å². The van der Waals surface area contributed by atoms with Crippen LogP contribution in [0.3, 0.4) is 0 Å². The minimum absolute atomic E-state index is 0.691. The fourth-order valence-electron chi connectivity index (χ4n) is 1.19. The number of hydrogen-bond acceptors (Lipinski definition) is 0. The second-order valence-electron chi connectivity index (χ2n) is 2.46. The summed E-state index contributed by atoms with van der Waals surface area (Å²) in [6, 6.07) is 7.46. The molecule has 0 heterocycles. The zero-order valence-corrected chi connectivity index (χ0v) is 6.68. The highest BCUT2D eigenvalue weighted by atomic mass is 35.5. The van der Waals surface area contributed by atoms with Crippen LogP contribution < -0.4 is 0 Å². The Morgan fingerprint density at radius 1 is 1.55 bits per heavy atom. The Morgan fingerprint density at radius 3 is 3.27 bits per heavy atom. The molecule has 1 aromatic carbocycles. The van der Waals surface area contributed by atoms with E-state index in [1.165, 1.54) is 0 Å². The van der Waals surface area contributed by atoms with Gasteiger partial charge in [-0.25, -0.2) is 0 Å². The maximum absolute atomic E-state index is 7.84. The minimum Gasteiger partial charge on any atom is -0.117 e. The normalized spacial score (nSPS) is 37.4. The molecule has 0 radical (unpaired) electrons. The summed E-state index contributed by atoms with van der Waals surface area (Å²) in [5.74, 6) is 0. The van der Waals surface area contributed by atoms with Crippen molar-refractivity contribution in [1.29, 1.82) is 0 Å². The first-order valence-corrected chi connectivity index (χ1v) is 3.89. The Hall–Kier alpha value is -0.750. The van der Waals surface area contributed by atoms with Gasteiger partial charge < -0.3 is 0 Å². The number of benzene rings is 1. The lowest BCUT2D eigenvalue weighted by Gasteiger charge is -2.14. The van der Waals surface area contributed by atoms with Gasteiger partial charge in [-0.2, -0.15) is 0 Å². The van der Waals surface area contributed by atoms with E-state index in [0.717, 1.165) is 11.1 Å². The Labute approximate surface area is 74.3 Å². The number of fused-ring (bicyclic) bond motifs is 1. The van der Waals surface area contributed by atoms with E-state index in [1.807, 2.05) is 24.3 Å². The van der Waals surface area contributed by atoms with Gasteiger partial charge in [0.15, 0.2) is 0 Å². The predicted octanol–water partition coefficient (Wildman–Crippen LogP) is 3.38. The molecule has 0 nitrogen and oxygen atoms in total. The van der Waals surface area contributed by atoms with E-state index in [0.29, 0.717) is 0 Å². The van der Waals surface area contributed by atoms with E-state index in [1.54, 1.807) is 12.1 Å². The van der Waals surface area contributed by atoms with Gasteiger partial charge in [0.25, 0.3) is 0 Å². The number of halogens is 1. The van der Waals surface area contributed by atoms with E-state index in [9.17, 15) is 0 Å². The van der Waals surface area contributed by atoms with Crippen molar-refractivity contribution in [3.05, 3.63) is 41.5 Å². The Balaban J connectivity index is 2.61. The lowest BCUT2D eigenvalue weighted by Crippen LogP contribution is -1.96. The van der Waals surface area contributed by atoms with E-state index in [2.05, 4.69) is 0 Å². The Morgan fingerprint density at radius 2 is 2.36 bits per heavy atom.